The number of rotatable bonds is 20. The summed E-state index contributed by atoms with van der Waals surface area (Å²) in [5, 5.41) is 20.0. The zero-order valence-corrected chi connectivity index (χ0v) is 41.7. The lowest BCUT2D eigenvalue weighted by Gasteiger charge is -2.35. The Morgan fingerprint density at radius 3 is 2.59 bits per heavy atom. The number of aliphatic hydroxyl groups is 1. The number of nitrogens with zero attached hydrogens (tertiary/aromatic N) is 9. The zero-order valence-electron chi connectivity index (χ0n) is 40.9. The molecule has 4 amide bonds. The van der Waals surface area contributed by atoms with Gasteiger partial charge >= 0.3 is 0 Å². The molecule has 0 bridgehead atoms. The largest absolute Gasteiger partial charge is 0.491 e. The number of nitrogens with two attached hydrogens (primary N) is 1. The van der Waals surface area contributed by atoms with Crippen molar-refractivity contribution in [3.63, 3.8) is 0 Å². The number of likely N-dealkylation sites (tertiary alicyclic amines) is 1. The third kappa shape index (κ3) is 11.4. The Bertz CT molecular complexity index is 3130. The molecule has 3 aromatic carbocycles. The molecule has 1 saturated heterocycles. The van der Waals surface area contributed by atoms with Crippen LogP contribution in [0.3, 0.4) is 0 Å². The highest BCUT2D eigenvalue weighted by Gasteiger charge is 2.46. The zero-order chi connectivity index (χ0) is 51.2. The fraction of sp³-hybridized carbons (Fsp3) is 0.327. The number of thiazole rings is 1. The number of carbonyl (C=O) groups excluding carboxylic acids is 4. The van der Waals surface area contributed by atoms with Gasteiger partial charge in [-0.05, 0) is 60.4 Å². The molecule has 378 valence electrons. The summed E-state index contributed by atoms with van der Waals surface area (Å²) in [6.45, 7) is 7.01. The predicted molar refractivity (Wildman–Crippen MR) is 276 cm³/mol. The molecule has 6 N–H and O–H groups in total. The second-order valence-corrected chi connectivity index (χ2v) is 19.1. The topological polar surface area (TPSA) is 248 Å². The molecule has 4 aromatic heterocycles. The van der Waals surface area contributed by atoms with Crippen LogP contribution in [0.25, 0.3) is 27.5 Å². The maximum Gasteiger partial charge on any atom is 0.255 e. The highest BCUT2D eigenvalue weighted by molar-refractivity contribution is 7.13. The number of nitrogens with one attached hydrogen (secondary N) is 3. The van der Waals surface area contributed by atoms with Crippen LogP contribution in [0.15, 0.2) is 103 Å². The van der Waals surface area contributed by atoms with Crippen molar-refractivity contribution in [2.24, 2.45) is 5.92 Å². The maximum atomic E-state index is 14.3. The number of ether oxygens (including phenoxy) is 2. The van der Waals surface area contributed by atoms with E-state index in [1.165, 1.54) is 22.4 Å². The highest BCUT2D eigenvalue weighted by Crippen LogP contribution is 2.34. The molecule has 6 heterocycles. The number of anilines is 4. The van der Waals surface area contributed by atoms with Crippen LogP contribution in [0, 0.1) is 12.8 Å². The number of imidazole rings is 1. The summed E-state index contributed by atoms with van der Waals surface area (Å²) in [5.41, 5.74) is 15.0. The number of aliphatic hydroxyl groups excluding tert-OH is 1. The first-order chi connectivity index (χ1) is 35.3. The van der Waals surface area contributed by atoms with Gasteiger partial charge in [0, 0.05) is 87.3 Å². The van der Waals surface area contributed by atoms with Crippen molar-refractivity contribution in [1.29, 1.82) is 0 Å². The normalized spacial score (nSPS) is 15.7. The van der Waals surface area contributed by atoms with Crippen LogP contribution in [-0.2, 0) is 32.2 Å². The third-order valence-electron chi connectivity index (χ3n) is 12.8. The molecular weight excluding hydrogens is 951 g/mol. The van der Waals surface area contributed by atoms with Crippen LogP contribution in [0.1, 0.15) is 47.4 Å². The first-order valence-electron chi connectivity index (χ1n) is 24.0. The predicted octanol–water partition coefficient (Wildman–Crippen LogP) is 4.85. The van der Waals surface area contributed by atoms with Crippen LogP contribution in [0.4, 0.5) is 23.0 Å². The Morgan fingerprint density at radius 1 is 1.00 bits per heavy atom. The summed E-state index contributed by atoms with van der Waals surface area (Å²) in [6, 6.07) is 19.0. The van der Waals surface area contributed by atoms with E-state index in [9.17, 15) is 24.3 Å². The number of carbonyl (C=O) groups is 4. The molecule has 20 nitrogen and oxygen atoms in total. The number of fused-ring (bicyclic) bond motifs is 2. The van der Waals surface area contributed by atoms with Crippen molar-refractivity contribution in [3.05, 3.63) is 126 Å². The van der Waals surface area contributed by atoms with Crippen molar-refractivity contribution in [2.45, 2.75) is 58.5 Å². The number of hydrogen-bond donors (Lipinski definition) is 5. The molecule has 2 aliphatic rings. The lowest BCUT2D eigenvalue weighted by atomic mass is 10.0. The number of likely N-dealkylation sites (N-methyl/N-ethyl adjacent to an activating group) is 1. The van der Waals surface area contributed by atoms with Crippen LogP contribution in [0.2, 0.25) is 0 Å². The summed E-state index contributed by atoms with van der Waals surface area (Å²) in [4.78, 5) is 82.5. The SMILES string of the molecule is Cc1ncsc1-c1ccc(CNC(=O)[C@@H]2C[C@@H](O)CN2C(=O)[C@H](C(C)C)N2Cc3ccccc3C2=O)c(OCCOCC(=O)NCCN(C)c2ccc(Nc3nc(-c4cncc(N)n4)cn4ccnc34)cc2)c1. The molecule has 21 heteroatoms. The Hall–Kier alpha value is -8.01. The van der Waals surface area contributed by atoms with Crippen LogP contribution in [-0.4, -0.2) is 133 Å². The first-order valence-corrected chi connectivity index (χ1v) is 24.8. The number of hydrogen-bond acceptors (Lipinski definition) is 16. The van der Waals surface area contributed by atoms with E-state index < -0.39 is 24.1 Å². The Labute approximate surface area is 425 Å². The minimum Gasteiger partial charge on any atom is -0.491 e. The summed E-state index contributed by atoms with van der Waals surface area (Å²) in [6.07, 6.45) is 7.58. The van der Waals surface area contributed by atoms with Crippen molar-refractivity contribution < 1.29 is 33.8 Å². The summed E-state index contributed by atoms with van der Waals surface area (Å²) < 4.78 is 13.8. The van der Waals surface area contributed by atoms with Crippen molar-refractivity contribution >= 4 is 63.6 Å². The second kappa shape index (κ2) is 22.2. The van der Waals surface area contributed by atoms with E-state index in [-0.39, 0.29) is 63.0 Å². The van der Waals surface area contributed by atoms with Gasteiger partial charge < -0.3 is 55.4 Å². The third-order valence-corrected chi connectivity index (χ3v) is 13.8. The monoisotopic (exact) mass is 1010 g/mol. The molecule has 1 fully saturated rings. The molecule has 7 aromatic rings. The molecular formula is C52H57N13O7S. The number of β-amino-alcohol motifs (C(OH)–C–C–N with tert-alkyl or cyclic N) is 1. The molecule has 0 spiro atoms. The molecule has 2 aliphatic heterocycles. The first kappa shape index (κ1) is 50.0. The van der Waals surface area contributed by atoms with Gasteiger partial charge in [-0.1, -0.05) is 44.2 Å². The Kier molecular flexibility index (Phi) is 15.2. The average molecular weight is 1010 g/mol. The van der Waals surface area contributed by atoms with Gasteiger partial charge in [0.25, 0.3) is 5.91 Å². The number of aryl methyl sites for hydroxylation is 1. The van der Waals surface area contributed by atoms with E-state index in [1.54, 1.807) is 34.9 Å². The van der Waals surface area contributed by atoms with E-state index in [2.05, 4.69) is 35.9 Å². The molecule has 0 aliphatic carbocycles. The molecule has 73 heavy (non-hydrogen) atoms. The van der Waals surface area contributed by atoms with Crippen molar-refractivity contribution in [1.82, 2.24) is 49.8 Å². The summed E-state index contributed by atoms with van der Waals surface area (Å²) in [7, 11) is 1.94. The smallest absolute Gasteiger partial charge is 0.255 e. The van der Waals surface area contributed by atoms with Gasteiger partial charge in [0.15, 0.2) is 11.5 Å². The summed E-state index contributed by atoms with van der Waals surface area (Å²) >= 11 is 1.50. The minimum absolute atomic E-state index is 0.0223. The van der Waals surface area contributed by atoms with Crippen LogP contribution >= 0.6 is 11.3 Å². The fourth-order valence-corrected chi connectivity index (χ4v) is 9.91. The van der Waals surface area contributed by atoms with Crippen molar-refractivity contribution in [2.75, 3.05) is 62.5 Å². The van der Waals surface area contributed by atoms with E-state index in [4.69, 9.17) is 20.2 Å². The molecule has 9 rings (SSSR count). The number of nitrogen functional groups attached to an aromatic ring is 1. The minimum atomic E-state index is -0.941. The fourth-order valence-electron chi connectivity index (χ4n) is 9.11. The van der Waals surface area contributed by atoms with Gasteiger partial charge in [-0.3, -0.25) is 24.2 Å². The van der Waals surface area contributed by atoms with Gasteiger partial charge in [0.2, 0.25) is 17.7 Å². The van der Waals surface area contributed by atoms with Crippen LogP contribution < -0.4 is 31.3 Å². The van der Waals surface area contributed by atoms with E-state index in [0.717, 1.165) is 33.1 Å². The van der Waals surface area contributed by atoms with Crippen molar-refractivity contribution in [3.8, 4) is 27.6 Å². The van der Waals surface area contributed by atoms with E-state index in [1.807, 2.05) is 104 Å². The molecule has 3 atom stereocenters. The molecule has 0 unspecified atom stereocenters. The van der Waals surface area contributed by atoms with E-state index >= 15 is 0 Å². The Balaban J connectivity index is 0.750. The van der Waals surface area contributed by atoms with Gasteiger partial charge in [-0.25, -0.2) is 19.9 Å². The van der Waals surface area contributed by atoms with Crippen LogP contribution in [0.5, 0.6) is 5.75 Å². The lowest BCUT2D eigenvalue weighted by molar-refractivity contribution is -0.143. The average Bonchev–Trinajstić information content (AvgIpc) is 4.20. The van der Waals surface area contributed by atoms with E-state index in [0.29, 0.717) is 65.2 Å². The molecule has 0 radical (unpaired) electrons. The highest BCUT2D eigenvalue weighted by atomic mass is 32.1. The Morgan fingerprint density at radius 2 is 1.82 bits per heavy atom. The van der Waals surface area contributed by atoms with Gasteiger partial charge in [0.05, 0.1) is 41.2 Å². The number of amides is 4. The quantitative estimate of drug-likeness (QED) is 0.0641. The van der Waals surface area contributed by atoms with Gasteiger partial charge in [-0.15, -0.1) is 11.3 Å². The lowest BCUT2D eigenvalue weighted by Crippen LogP contribution is -2.55. The standard InChI is InChI=1S/C52H57N13O7S/c1-31(2)46(65-26-35-7-5-6-8-39(35)51(65)69)52(70)64-27-38(66)22-42(64)50(68)57-23-34-10-9-33(47-32(3)58-30-73-47)21-43(34)72-20-19-71-29-45(67)55-15-17-62(4)37-13-11-36(12-14-37)59-48-49-56-16-18-63(49)28-41(61-48)40-24-54-25-44(53)60-40/h5-14,16,18,21,24-25,28,30-31,38,42,46,66H,15,17,19-20,22-23,26-27,29H2,1-4H3,(H2,53,60)(H,55,67)(H,57,68)(H,59,61)/t38-,42+,46+/m1/s1. The van der Waals surface area contributed by atoms with Gasteiger partial charge in [0.1, 0.15) is 48.3 Å². The number of aromatic nitrogens is 6. The maximum absolute atomic E-state index is 14.3. The molecule has 0 saturated carbocycles. The second-order valence-electron chi connectivity index (χ2n) is 18.3. The number of benzene rings is 3. The summed E-state index contributed by atoms with van der Waals surface area (Å²) in [5.74, 6) is -0.212. The van der Waals surface area contributed by atoms with Gasteiger partial charge in [-0.2, -0.15) is 0 Å².